The molecule has 0 saturated heterocycles. The monoisotopic (exact) mass is 443 g/mol. The highest BCUT2D eigenvalue weighted by molar-refractivity contribution is 7.19. The number of halogens is 1. The number of carbonyl (C=O) groups is 1. The van der Waals surface area contributed by atoms with E-state index in [0.29, 0.717) is 10.9 Å². The molecule has 160 valence electrons. The van der Waals surface area contributed by atoms with Crippen LogP contribution in [0.2, 0.25) is 5.02 Å². The number of hydrogen-bond donors (Lipinski definition) is 0. The number of aryl methyl sites for hydroxylation is 1. The fraction of sp³-hybridized carbons (Fsp3) is 0.440. The fourth-order valence-electron chi connectivity index (χ4n) is 3.63. The van der Waals surface area contributed by atoms with Crippen molar-refractivity contribution in [2.45, 2.75) is 66.6 Å². The number of thiazole rings is 1. The lowest BCUT2D eigenvalue weighted by atomic mass is 9.90. The molecule has 0 fully saturated rings. The van der Waals surface area contributed by atoms with E-state index in [9.17, 15) is 4.79 Å². The van der Waals surface area contributed by atoms with Crippen LogP contribution in [0, 0.1) is 12.8 Å². The largest absolute Gasteiger partial charge is 0.360 e. The highest BCUT2D eigenvalue weighted by Crippen LogP contribution is 2.43. The van der Waals surface area contributed by atoms with Gasteiger partial charge < -0.3 is 4.74 Å². The van der Waals surface area contributed by atoms with Crippen LogP contribution < -0.4 is 0 Å². The summed E-state index contributed by atoms with van der Waals surface area (Å²) in [5.74, 6) is 0.522. The highest BCUT2D eigenvalue weighted by Gasteiger charge is 2.30. The van der Waals surface area contributed by atoms with E-state index in [-0.39, 0.29) is 5.78 Å². The topological polar surface area (TPSA) is 39.2 Å². The summed E-state index contributed by atoms with van der Waals surface area (Å²) >= 11 is 7.87. The van der Waals surface area contributed by atoms with Crippen molar-refractivity contribution in [2.75, 3.05) is 0 Å². The molecule has 0 radical (unpaired) electrons. The van der Waals surface area contributed by atoms with Crippen molar-refractivity contribution in [1.29, 1.82) is 0 Å². The number of fused-ring (bicyclic) bond motifs is 1. The quantitative estimate of drug-likeness (QED) is 0.394. The van der Waals surface area contributed by atoms with Crippen molar-refractivity contribution >= 4 is 38.9 Å². The highest BCUT2D eigenvalue weighted by atomic mass is 35.5. The molecule has 0 aliphatic heterocycles. The number of Topliss-reactive ketones (excluding diaryl/α,β-unsaturated/α-hetero) is 1. The van der Waals surface area contributed by atoms with Crippen molar-refractivity contribution in [3.8, 4) is 11.1 Å². The standard InChI is InChI=1S/C25H30ClNO2S/c1-14(2)12-20-27-19-13-15(3)21(23(16(4)28)29-25(5,6)7)22(24(19)30-20)17-8-10-18(26)11-9-17/h8-11,13-14,23H,12H2,1-7H3/t23-/m1/s1. The molecule has 5 heteroatoms. The molecule has 2 aromatic carbocycles. The van der Waals surface area contributed by atoms with Crippen molar-refractivity contribution in [2.24, 2.45) is 5.92 Å². The molecular weight excluding hydrogens is 414 g/mol. The summed E-state index contributed by atoms with van der Waals surface area (Å²) in [7, 11) is 0. The normalized spacial score (nSPS) is 13.2. The summed E-state index contributed by atoms with van der Waals surface area (Å²) in [4.78, 5) is 17.6. The summed E-state index contributed by atoms with van der Waals surface area (Å²) in [6.45, 7) is 14.0. The molecular formula is C25H30ClNO2S. The molecule has 0 unspecified atom stereocenters. The number of ketones is 1. The van der Waals surface area contributed by atoms with Gasteiger partial charge in [0.25, 0.3) is 0 Å². The number of nitrogens with zero attached hydrogens (tertiary/aromatic N) is 1. The zero-order valence-corrected chi connectivity index (χ0v) is 20.4. The van der Waals surface area contributed by atoms with Gasteiger partial charge in [-0.15, -0.1) is 11.3 Å². The third kappa shape index (κ3) is 5.11. The molecule has 3 nitrogen and oxygen atoms in total. The Morgan fingerprint density at radius 1 is 1.20 bits per heavy atom. The van der Waals surface area contributed by atoms with Gasteiger partial charge in [0, 0.05) is 22.6 Å². The van der Waals surface area contributed by atoms with Gasteiger partial charge >= 0.3 is 0 Å². The molecule has 0 amide bonds. The molecule has 0 N–H and O–H groups in total. The molecule has 0 saturated carbocycles. The van der Waals surface area contributed by atoms with Gasteiger partial charge in [-0.2, -0.15) is 0 Å². The van der Waals surface area contributed by atoms with E-state index in [2.05, 4.69) is 19.9 Å². The van der Waals surface area contributed by atoms with E-state index >= 15 is 0 Å². The zero-order valence-electron chi connectivity index (χ0n) is 18.8. The first-order chi connectivity index (χ1) is 14.0. The lowest BCUT2D eigenvalue weighted by Gasteiger charge is -2.29. The third-order valence-corrected chi connectivity index (χ3v) is 6.15. The molecule has 1 heterocycles. The van der Waals surface area contributed by atoms with Gasteiger partial charge in [0.1, 0.15) is 6.10 Å². The molecule has 3 rings (SSSR count). The van der Waals surface area contributed by atoms with E-state index in [1.165, 1.54) is 0 Å². The van der Waals surface area contributed by atoms with Crippen LogP contribution in [-0.4, -0.2) is 16.4 Å². The Balaban J connectivity index is 2.34. The molecule has 0 bridgehead atoms. The van der Waals surface area contributed by atoms with Crippen LogP contribution >= 0.6 is 22.9 Å². The Hall–Kier alpha value is -1.75. The van der Waals surface area contributed by atoms with Gasteiger partial charge in [0.2, 0.25) is 0 Å². The number of benzene rings is 2. The molecule has 1 atom stereocenters. The fourth-order valence-corrected chi connectivity index (χ4v) is 5.09. The average molecular weight is 444 g/mol. The molecule has 0 aliphatic rings. The van der Waals surface area contributed by atoms with E-state index in [4.69, 9.17) is 21.3 Å². The second-order valence-corrected chi connectivity index (χ2v) is 10.8. The Labute approximate surface area is 188 Å². The van der Waals surface area contributed by atoms with Crippen LogP contribution in [0.1, 0.15) is 63.8 Å². The molecule has 1 aromatic heterocycles. The van der Waals surface area contributed by atoms with Crippen LogP contribution in [0.5, 0.6) is 0 Å². The van der Waals surface area contributed by atoms with Crippen molar-refractivity contribution in [1.82, 2.24) is 4.98 Å². The second kappa shape index (κ2) is 8.78. The maximum Gasteiger partial charge on any atom is 0.163 e. The number of carbonyl (C=O) groups excluding carboxylic acids is 1. The molecule has 0 aliphatic carbocycles. The predicted octanol–water partition coefficient (Wildman–Crippen LogP) is 7.57. The third-order valence-electron chi connectivity index (χ3n) is 4.79. The summed E-state index contributed by atoms with van der Waals surface area (Å²) in [6.07, 6.45) is 0.290. The zero-order chi connectivity index (χ0) is 22.2. The van der Waals surface area contributed by atoms with Crippen LogP contribution in [0.3, 0.4) is 0 Å². The minimum Gasteiger partial charge on any atom is -0.360 e. The lowest BCUT2D eigenvalue weighted by molar-refractivity contribution is -0.138. The Kier molecular flexibility index (Phi) is 6.71. The Morgan fingerprint density at radius 2 is 1.83 bits per heavy atom. The second-order valence-electron chi connectivity index (χ2n) is 9.26. The summed E-state index contributed by atoms with van der Waals surface area (Å²) in [5, 5.41) is 1.80. The van der Waals surface area contributed by atoms with Gasteiger partial charge in [-0.05, 0) is 69.9 Å². The number of ether oxygens (including phenoxy) is 1. The van der Waals surface area contributed by atoms with Gasteiger partial charge in [-0.3, -0.25) is 4.79 Å². The van der Waals surface area contributed by atoms with Gasteiger partial charge in [-0.25, -0.2) is 4.98 Å². The first kappa shape index (κ1) is 22.9. The van der Waals surface area contributed by atoms with Crippen molar-refractivity contribution in [3.63, 3.8) is 0 Å². The van der Waals surface area contributed by atoms with Crippen molar-refractivity contribution < 1.29 is 9.53 Å². The first-order valence-electron chi connectivity index (χ1n) is 10.3. The first-order valence-corrected chi connectivity index (χ1v) is 11.5. The van der Waals surface area contributed by atoms with Gasteiger partial charge in [0.15, 0.2) is 5.78 Å². The van der Waals surface area contributed by atoms with Gasteiger partial charge in [-0.1, -0.05) is 37.6 Å². The summed E-state index contributed by atoms with van der Waals surface area (Å²) in [6, 6.07) is 9.88. The number of aromatic nitrogens is 1. The lowest BCUT2D eigenvalue weighted by Crippen LogP contribution is -2.27. The molecule has 0 spiro atoms. The number of rotatable bonds is 6. The minimum absolute atomic E-state index is 0.00509. The summed E-state index contributed by atoms with van der Waals surface area (Å²) in [5.41, 5.74) is 4.50. The minimum atomic E-state index is -0.643. The van der Waals surface area contributed by atoms with Crippen molar-refractivity contribution in [3.05, 3.63) is 51.5 Å². The van der Waals surface area contributed by atoms with Gasteiger partial charge in [0.05, 0.1) is 20.8 Å². The Bertz CT molecular complexity index is 1060. The maximum absolute atomic E-state index is 12.7. The van der Waals surface area contributed by atoms with Crippen LogP contribution in [0.4, 0.5) is 0 Å². The van der Waals surface area contributed by atoms with E-state index in [0.717, 1.165) is 43.9 Å². The van der Waals surface area contributed by atoms with E-state index < -0.39 is 11.7 Å². The number of hydrogen-bond acceptors (Lipinski definition) is 4. The molecule has 3 aromatic rings. The predicted molar refractivity (Wildman–Crippen MR) is 128 cm³/mol. The molecule has 30 heavy (non-hydrogen) atoms. The maximum atomic E-state index is 12.7. The van der Waals surface area contributed by atoms with Crippen LogP contribution in [-0.2, 0) is 16.0 Å². The Morgan fingerprint density at radius 3 is 2.37 bits per heavy atom. The summed E-state index contributed by atoms with van der Waals surface area (Å²) < 4.78 is 7.38. The van der Waals surface area contributed by atoms with E-state index in [1.807, 2.05) is 52.0 Å². The SMILES string of the molecule is CC(=O)[C@@H](OC(C)(C)C)c1c(C)cc2nc(CC(C)C)sc2c1-c1ccc(Cl)cc1. The van der Waals surface area contributed by atoms with E-state index in [1.54, 1.807) is 18.3 Å². The van der Waals surface area contributed by atoms with Crippen LogP contribution in [0.25, 0.3) is 21.3 Å². The van der Waals surface area contributed by atoms with Crippen LogP contribution in [0.15, 0.2) is 30.3 Å². The average Bonchev–Trinajstić information content (AvgIpc) is 2.99. The smallest absolute Gasteiger partial charge is 0.163 e.